The molecular weight excluding hydrogens is 524 g/mol. The first-order valence-corrected chi connectivity index (χ1v) is 14.2. The standard InChI is InChI=1S/C29H32N8O2S/c1-17-13-31-29(33-25-12-18(2)36(4)35-25)34-27(17)22-14-30-28-21(22)6-5-7-23(28)32-26(38)16-37-10-8-20(15-37)39-24-9-11-40-19(24)3/h5-7,9,11-14,20,30H,8,10,15-16H2,1-4H3,(H,32,38)(H,31,33,34,35). The van der Waals surface area contributed by atoms with E-state index in [1.165, 1.54) is 4.88 Å². The second kappa shape index (κ2) is 10.7. The molecule has 0 bridgehead atoms. The van der Waals surface area contributed by atoms with E-state index in [1.54, 1.807) is 22.2 Å². The van der Waals surface area contributed by atoms with Gasteiger partial charge < -0.3 is 20.4 Å². The highest BCUT2D eigenvalue weighted by Crippen LogP contribution is 2.33. The number of aromatic amines is 1. The van der Waals surface area contributed by atoms with Crippen LogP contribution >= 0.6 is 11.3 Å². The second-order valence-electron chi connectivity index (χ2n) is 10.2. The van der Waals surface area contributed by atoms with E-state index in [0.29, 0.717) is 18.3 Å². The minimum atomic E-state index is -0.0497. The number of hydrogen-bond donors (Lipinski definition) is 3. The Bertz CT molecular complexity index is 1670. The SMILES string of the molecule is Cc1cnc(Nc2cc(C)n(C)n2)nc1-c1c[nH]c2c(NC(=O)CN3CCC(Oc4ccsc4C)C3)cccc12. The average Bonchev–Trinajstić information content (AvgIpc) is 3.71. The smallest absolute Gasteiger partial charge is 0.238 e. The first-order chi connectivity index (χ1) is 19.3. The van der Waals surface area contributed by atoms with Crippen LogP contribution in [-0.2, 0) is 11.8 Å². The van der Waals surface area contributed by atoms with Crippen molar-refractivity contribution in [2.45, 2.75) is 33.3 Å². The fraction of sp³-hybridized carbons (Fsp3) is 0.310. The number of nitrogens with zero attached hydrogens (tertiary/aromatic N) is 5. The van der Waals surface area contributed by atoms with Crippen LogP contribution in [0.25, 0.3) is 22.2 Å². The summed E-state index contributed by atoms with van der Waals surface area (Å²) in [4.78, 5) is 29.0. The van der Waals surface area contributed by atoms with Gasteiger partial charge in [-0.3, -0.25) is 14.4 Å². The van der Waals surface area contributed by atoms with E-state index in [0.717, 1.165) is 64.4 Å². The molecule has 10 nitrogen and oxygen atoms in total. The number of fused-ring (bicyclic) bond motifs is 1. The summed E-state index contributed by atoms with van der Waals surface area (Å²) in [6, 6.07) is 9.86. The molecule has 5 aromatic rings. The minimum absolute atomic E-state index is 0.0497. The summed E-state index contributed by atoms with van der Waals surface area (Å²) in [7, 11) is 1.90. The molecule has 3 N–H and O–H groups in total. The van der Waals surface area contributed by atoms with Crippen LogP contribution in [0.4, 0.5) is 17.5 Å². The van der Waals surface area contributed by atoms with Gasteiger partial charge in [-0.1, -0.05) is 12.1 Å². The van der Waals surface area contributed by atoms with Crippen molar-refractivity contribution in [3.05, 3.63) is 64.2 Å². The maximum atomic E-state index is 13.0. The lowest BCUT2D eigenvalue weighted by molar-refractivity contribution is -0.117. The molecule has 11 heteroatoms. The Balaban J connectivity index is 1.15. The molecule has 0 saturated carbocycles. The molecule has 1 aromatic carbocycles. The van der Waals surface area contributed by atoms with Gasteiger partial charge in [0.2, 0.25) is 11.9 Å². The number of thiophene rings is 1. The Labute approximate surface area is 236 Å². The van der Waals surface area contributed by atoms with Crippen molar-refractivity contribution in [2.75, 3.05) is 30.3 Å². The zero-order valence-electron chi connectivity index (χ0n) is 23.0. The summed E-state index contributed by atoms with van der Waals surface area (Å²) in [6.07, 6.45) is 4.75. The number of rotatable bonds is 8. The van der Waals surface area contributed by atoms with Crippen LogP contribution in [0.5, 0.6) is 5.75 Å². The summed E-state index contributed by atoms with van der Waals surface area (Å²) in [5, 5.41) is 13.8. The van der Waals surface area contributed by atoms with Gasteiger partial charge in [0.15, 0.2) is 5.82 Å². The van der Waals surface area contributed by atoms with Crippen LogP contribution in [0.15, 0.2) is 48.1 Å². The molecular formula is C29H32N8O2S. The fourth-order valence-corrected chi connectivity index (χ4v) is 5.70. The van der Waals surface area contributed by atoms with E-state index in [1.807, 2.05) is 62.8 Å². The van der Waals surface area contributed by atoms with Gasteiger partial charge in [-0.2, -0.15) is 5.10 Å². The second-order valence-corrected chi connectivity index (χ2v) is 11.3. The normalized spacial score (nSPS) is 15.6. The van der Waals surface area contributed by atoms with E-state index in [4.69, 9.17) is 9.72 Å². The molecule has 206 valence electrons. The molecule has 1 amide bonds. The number of likely N-dealkylation sites (tertiary alicyclic amines) is 1. The van der Waals surface area contributed by atoms with Crippen LogP contribution in [-0.4, -0.2) is 61.3 Å². The van der Waals surface area contributed by atoms with Crippen LogP contribution < -0.4 is 15.4 Å². The maximum absolute atomic E-state index is 13.0. The van der Waals surface area contributed by atoms with Gasteiger partial charge in [0.1, 0.15) is 11.9 Å². The lowest BCUT2D eigenvalue weighted by Crippen LogP contribution is -2.33. The van der Waals surface area contributed by atoms with Crippen molar-refractivity contribution in [3.8, 4) is 17.0 Å². The largest absolute Gasteiger partial charge is 0.488 e. The number of aryl methyl sites for hydroxylation is 4. The van der Waals surface area contributed by atoms with E-state index in [9.17, 15) is 4.79 Å². The molecule has 1 unspecified atom stereocenters. The zero-order chi connectivity index (χ0) is 27.8. The fourth-order valence-electron chi connectivity index (χ4n) is 5.07. The molecule has 4 aromatic heterocycles. The molecule has 40 heavy (non-hydrogen) atoms. The number of nitrogens with one attached hydrogen (secondary N) is 3. The Morgan fingerprint density at radius 1 is 1.25 bits per heavy atom. The monoisotopic (exact) mass is 556 g/mol. The topological polar surface area (TPSA) is 113 Å². The van der Waals surface area contributed by atoms with Crippen LogP contribution in [0.3, 0.4) is 0 Å². The molecule has 1 atom stereocenters. The molecule has 0 radical (unpaired) electrons. The molecule has 5 heterocycles. The number of carbonyl (C=O) groups excluding carboxylic acids is 1. The van der Waals surface area contributed by atoms with Gasteiger partial charge in [-0.25, -0.2) is 9.97 Å². The highest BCUT2D eigenvalue weighted by molar-refractivity contribution is 7.10. The van der Waals surface area contributed by atoms with Crippen LogP contribution in [0.2, 0.25) is 0 Å². The Hall–Kier alpha value is -4.22. The van der Waals surface area contributed by atoms with Gasteiger partial charge >= 0.3 is 0 Å². The Morgan fingerprint density at radius 2 is 2.12 bits per heavy atom. The third kappa shape index (κ3) is 5.30. The lowest BCUT2D eigenvalue weighted by atomic mass is 10.1. The first-order valence-electron chi connectivity index (χ1n) is 13.3. The molecule has 1 aliphatic rings. The van der Waals surface area contributed by atoms with Gasteiger partial charge in [-0.05, 0) is 50.3 Å². The Morgan fingerprint density at radius 3 is 2.90 bits per heavy atom. The Kier molecular flexibility index (Phi) is 6.99. The number of para-hydroxylation sites is 1. The third-order valence-corrected chi connectivity index (χ3v) is 8.10. The predicted octanol–water partition coefficient (Wildman–Crippen LogP) is 5.18. The van der Waals surface area contributed by atoms with E-state index in [2.05, 4.69) is 37.5 Å². The molecule has 1 fully saturated rings. The van der Waals surface area contributed by atoms with E-state index >= 15 is 0 Å². The molecule has 0 aliphatic carbocycles. The number of aromatic nitrogens is 5. The van der Waals surface area contributed by atoms with Crippen molar-refractivity contribution in [1.29, 1.82) is 0 Å². The number of ether oxygens (including phenoxy) is 1. The molecule has 1 saturated heterocycles. The van der Waals surface area contributed by atoms with Crippen LogP contribution in [0.1, 0.15) is 22.6 Å². The van der Waals surface area contributed by atoms with Gasteiger partial charge in [0.05, 0.1) is 23.4 Å². The number of benzene rings is 1. The first kappa shape index (κ1) is 26.0. The number of carbonyl (C=O) groups is 1. The minimum Gasteiger partial charge on any atom is -0.488 e. The summed E-state index contributed by atoms with van der Waals surface area (Å²) in [6.45, 7) is 7.93. The lowest BCUT2D eigenvalue weighted by Gasteiger charge is -2.17. The van der Waals surface area contributed by atoms with Gasteiger partial charge in [0.25, 0.3) is 0 Å². The quantitative estimate of drug-likeness (QED) is 0.241. The average molecular weight is 557 g/mol. The highest BCUT2D eigenvalue weighted by Gasteiger charge is 2.26. The number of H-pyrrole nitrogens is 1. The van der Waals surface area contributed by atoms with Crippen molar-refractivity contribution < 1.29 is 9.53 Å². The summed E-state index contributed by atoms with van der Waals surface area (Å²) in [5.41, 5.74) is 5.32. The van der Waals surface area contributed by atoms with E-state index in [-0.39, 0.29) is 12.0 Å². The van der Waals surface area contributed by atoms with Crippen LogP contribution in [0, 0.1) is 20.8 Å². The maximum Gasteiger partial charge on any atom is 0.238 e. The summed E-state index contributed by atoms with van der Waals surface area (Å²) in [5.74, 6) is 2.06. The molecule has 6 rings (SSSR count). The van der Waals surface area contributed by atoms with Gasteiger partial charge in [0, 0.05) is 60.1 Å². The predicted molar refractivity (Wildman–Crippen MR) is 158 cm³/mol. The van der Waals surface area contributed by atoms with Crippen molar-refractivity contribution in [2.24, 2.45) is 7.05 Å². The van der Waals surface area contributed by atoms with Gasteiger partial charge in [-0.15, -0.1) is 11.3 Å². The van der Waals surface area contributed by atoms with Crippen molar-refractivity contribution >= 4 is 45.6 Å². The molecule has 1 aliphatic heterocycles. The number of hydrogen-bond acceptors (Lipinski definition) is 8. The van der Waals surface area contributed by atoms with E-state index < -0.39 is 0 Å². The zero-order valence-corrected chi connectivity index (χ0v) is 23.8. The number of amides is 1. The number of anilines is 3. The molecule has 0 spiro atoms. The third-order valence-electron chi connectivity index (χ3n) is 7.27. The highest BCUT2D eigenvalue weighted by atomic mass is 32.1. The summed E-state index contributed by atoms with van der Waals surface area (Å²) < 4.78 is 7.95. The van der Waals surface area contributed by atoms with Crippen molar-refractivity contribution in [1.82, 2.24) is 29.6 Å². The summed E-state index contributed by atoms with van der Waals surface area (Å²) >= 11 is 1.69. The van der Waals surface area contributed by atoms with Crippen molar-refractivity contribution in [3.63, 3.8) is 0 Å².